The highest BCUT2D eigenvalue weighted by Gasteiger charge is 2.52. The van der Waals surface area contributed by atoms with Crippen molar-refractivity contribution >= 4 is 48.9 Å². The van der Waals surface area contributed by atoms with Crippen LogP contribution in [0.3, 0.4) is 0 Å². The standard InChI is InChI=1S/C24H26N4O6S2/c1-14-5-3-6-15(11-14)13-28-19-8-4-7-17(19)22(29)21(24(28)30)23-25-18-10-9-16(26-35(2,31)32)12-20(18)36(33,34)27-23/h3,5-6,9-12,17,19,21,26H,4,7-8,13H2,1-2H3,(H,25,27)/t17-,19+,21?/m1/s1. The smallest absolute Gasteiger partial charge is 0.286 e. The molecule has 3 aliphatic rings. The highest BCUT2D eigenvalue weighted by molar-refractivity contribution is 7.92. The molecule has 2 N–H and O–H groups in total. The third kappa shape index (κ3) is 4.50. The number of piperidine rings is 1. The number of rotatable bonds is 5. The van der Waals surface area contributed by atoms with E-state index in [1.54, 1.807) is 4.90 Å². The Bertz CT molecular complexity index is 1520. The molecule has 2 heterocycles. The second kappa shape index (κ2) is 8.70. The van der Waals surface area contributed by atoms with E-state index in [1.807, 2.05) is 31.2 Å². The third-order valence-electron chi connectivity index (χ3n) is 6.81. The average Bonchev–Trinajstić information content (AvgIpc) is 3.26. The normalized spacial score (nSPS) is 25.0. The van der Waals surface area contributed by atoms with Gasteiger partial charge in [0.05, 0.1) is 11.9 Å². The zero-order valence-corrected chi connectivity index (χ0v) is 21.4. The van der Waals surface area contributed by atoms with Crippen LogP contribution in [-0.4, -0.2) is 51.6 Å². The van der Waals surface area contributed by atoms with Crippen molar-refractivity contribution in [1.29, 1.82) is 0 Å². The van der Waals surface area contributed by atoms with E-state index < -0.39 is 31.9 Å². The fourth-order valence-electron chi connectivity index (χ4n) is 5.35. The van der Waals surface area contributed by atoms with Gasteiger partial charge in [0.1, 0.15) is 10.7 Å². The van der Waals surface area contributed by atoms with Crippen molar-refractivity contribution in [3.8, 4) is 0 Å². The van der Waals surface area contributed by atoms with Crippen LogP contribution in [0.4, 0.5) is 11.4 Å². The van der Waals surface area contributed by atoms with Crippen molar-refractivity contribution in [2.24, 2.45) is 16.2 Å². The van der Waals surface area contributed by atoms with Gasteiger partial charge in [0.25, 0.3) is 10.0 Å². The number of hydrogen-bond donors (Lipinski definition) is 2. The van der Waals surface area contributed by atoms with E-state index in [1.165, 1.54) is 12.1 Å². The first-order valence-corrected chi connectivity index (χ1v) is 14.9. The van der Waals surface area contributed by atoms with Crippen LogP contribution < -0.4 is 10.0 Å². The van der Waals surface area contributed by atoms with Crippen LogP contribution in [0, 0.1) is 18.8 Å². The van der Waals surface area contributed by atoms with Gasteiger partial charge in [-0.15, -0.1) is 4.40 Å². The van der Waals surface area contributed by atoms with Crippen molar-refractivity contribution in [3.05, 3.63) is 53.6 Å². The molecular weight excluding hydrogens is 504 g/mol. The molecule has 2 aliphatic heterocycles. The average molecular weight is 531 g/mol. The molecule has 1 saturated heterocycles. The van der Waals surface area contributed by atoms with Crippen molar-refractivity contribution < 1.29 is 26.4 Å². The van der Waals surface area contributed by atoms with Gasteiger partial charge in [0, 0.05) is 24.2 Å². The van der Waals surface area contributed by atoms with Crippen LogP contribution in [0.1, 0.15) is 30.4 Å². The van der Waals surface area contributed by atoms with Crippen LogP contribution in [0.25, 0.3) is 0 Å². The second-order valence-electron chi connectivity index (χ2n) is 9.56. The number of nitrogens with one attached hydrogen (secondary N) is 2. The molecule has 10 nitrogen and oxygen atoms in total. The van der Waals surface area contributed by atoms with Gasteiger partial charge < -0.3 is 10.2 Å². The first kappa shape index (κ1) is 24.4. The largest absolute Gasteiger partial charge is 0.341 e. The summed E-state index contributed by atoms with van der Waals surface area (Å²) in [6, 6.07) is 11.5. The summed E-state index contributed by atoms with van der Waals surface area (Å²) in [5.41, 5.74) is 2.17. The highest BCUT2D eigenvalue weighted by Crippen LogP contribution is 2.40. The van der Waals surface area contributed by atoms with Crippen molar-refractivity contribution in [2.75, 3.05) is 16.3 Å². The summed E-state index contributed by atoms with van der Waals surface area (Å²) in [5.74, 6) is -2.74. The molecule has 0 radical (unpaired) electrons. The number of fused-ring (bicyclic) bond motifs is 2. The molecule has 2 fully saturated rings. The number of nitrogens with zero attached hydrogens (tertiary/aromatic N) is 2. The summed E-state index contributed by atoms with van der Waals surface area (Å²) < 4.78 is 55.3. The van der Waals surface area contributed by atoms with Crippen LogP contribution in [0.15, 0.2) is 51.8 Å². The van der Waals surface area contributed by atoms with Gasteiger partial charge >= 0.3 is 0 Å². The molecule has 5 rings (SSSR count). The maximum absolute atomic E-state index is 13.7. The van der Waals surface area contributed by atoms with Gasteiger partial charge in [-0.3, -0.25) is 14.3 Å². The minimum Gasteiger partial charge on any atom is -0.341 e. The first-order valence-electron chi connectivity index (χ1n) is 11.6. The molecule has 0 spiro atoms. The van der Waals surface area contributed by atoms with E-state index in [0.717, 1.165) is 36.3 Å². The molecule has 3 atom stereocenters. The molecule has 0 bridgehead atoms. The Labute approximate surface area is 209 Å². The zero-order chi connectivity index (χ0) is 25.8. The number of amidine groups is 1. The van der Waals surface area contributed by atoms with Gasteiger partial charge in [0.15, 0.2) is 11.7 Å². The Morgan fingerprint density at radius 2 is 1.92 bits per heavy atom. The topological polar surface area (TPSA) is 142 Å². The number of aryl methyl sites for hydroxylation is 1. The Morgan fingerprint density at radius 1 is 1.14 bits per heavy atom. The molecule has 36 heavy (non-hydrogen) atoms. The number of hydrogen-bond acceptors (Lipinski definition) is 7. The zero-order valence-electron chi connectivity index (χ0n) is 19.8. The van der Waals surface area contributed by atoms with Crippen LogP contribution in [0.5, 0.6) is 0 Å². The van der Waals surface area contributed by atoms with Gasteiger partial charge in [0.2, 0.25) is 15.9 Å². The Kier molecular flexibility index (Phi) is 5.91. The molecule has 2 aromatic rings. The fraction of sp³-hybridized carbons (Fsp3) is 0.375. The maximum Gasteiger partial charge on any atom is 0.286 e. The number of likely N-dealkylation sites (tertiary alicyclic amines) is 1. The number of Topliss-reactive ketones (excluding diaryl/α,β-unsaturated/α-hetero) is 1. The molecule has 2 aromatic carbocycles. The SMILES string of the molecule is Cc1cccc(CN2C(=O)C(C3=NS(=O)(=O)c4cc(NS(C)(=O)=O)ccc4N3)C(=O)[C@@H]3CCC[C@@H]32)c1. The molecule has 190 valence electrons. The van der Waals surface area contributed by atoms with Crippen LogP contribution in [-0.2, 0) is 36.2 Å². The summed E-state index contributed by atoms with van der Waals surface area (Å²) >= 11 is 0. The van der Waals surface area contributed by atoms with E-state index >= 15 is 0 Å². The molecule has 1 unspecified atom stereocenters. The molecule has 1 amide bonds. The molecule has 12 heteroatoms. The lowest BCUT2D eigenvalue weighted by molar-refractivity contribution is -0.149. The monoisotopic (exact) mass is 530 g/mol. The van der Waals surface area contributed by atoms with Crippen LogP contribution in [0.2, 0.25) is 0 Å². The third-order valence-corrected chi connectivity index (χ3v) is 8.75. The summed E-state index contributed by atoms with van der Waals surface area (Å²) in [4.78, 5) is 28.6. The number of sulfonamides is 2. The minimum absolute atomic E-state index is 0.0585. The van der Waals surface area contributed by atoms with Crippen molar-refractivity contribution in [3.63, 3.8) is 0 Å². The molecule has 0 aromatic heterocycles. The molecule has 1 aliphatic carbocycles. The van der Waals surface area contributed by atoms with E-state index in [2.05, 4.69) is 14.4 Å². The summed E-state index contributed by atoms with van der Waals surface area (Å²) in [7, 11) is -7.92. The van der Waals surface area contributed by atoms with Crippen molar-refractivity contribution in [1.82, 2.24) is 4.90 Å². The van der Waals surface area contributed by atoms with E-state index in [0.29, 0.717) is 13.0 Å². The summed E-state index contributed by atoms with van der Waals surface area (Å²) in [5, 5.41) is 2.87. The lowest BCUT2D eigenvalue weighted by Crippen LogP contribution is -2.58. The first-order chi connectivity index (χ1) is 16.9. The molecular formula is C24H26N4O6S2. The predicted molar refractivity (Wildman–Crippen MR) is 135 cm³/mol. The maximum atomic E-state index is 13.7. The number of benzene rings is 2. The summed E-state index contributed by atoms with van der Waals surface area (Å²) in [6.45, 7) is 2.29. The Balaban J connectivity index is 1.50. The predicted octanol–water partition coefficient (Wildman–Crippen LogP) is 2.28. The Hall–Kier alpha value is -3.25. The second-order valence-corrected chi connectivity index (χ2v) is 12.9. The number of anilines is 2. The highest BCUT2D eigenvalue weighted by atomic mass is 32.2. The fourth-order valence-corrected chi connectivity index (χ4v) is 7.08. The number of carbonyl (C=O) groups excluding carboxylic acids is 2. The van der Waals surface area contributed by atoms with Crippen LogP contribution >= 0.6 is 0 Å². The van der Waals surface area contributed by atoms with E-state index in [-0.39, 0.29) is 39.8 Å². The lowest BCUT2D eigenvalue weighted by atomic mass is 9.81. The number of amides is 1. The van der Waals surface area contributed by atoms with Gasteiger partial charge in [-0.1, -0.05) is 36.2 Å². The van der Waals surface area contributed by atoms with Crippen molar-refractivity contribution in [2.45, 2.75) is 43.7 Å². The summed E-state index contributed by atoms with van der Waals surface area (Å²) in [6.07, 6.45) is 3.11. The number of carbonyl (C=O) groups is 2. The molecule has 1 saturated carbocycles. The quantitative estimate of drug-likeness (QED) is 0.565. The van der Waals surface area contributed by atoms with Gasteiger partial charge in [-0.2, -0.15) is 8.42 Å². The van der Waals surface area contributed by atoms with E-state index in [9.17, 15) is 26.4 Å². The van der Waals surface area contributed by atoms with Gasteiger partial charge in [-0.25, -0.2) is 8.42 Å². The van der Waals surface area contributed by atoms with Gasteiger partial charge in [-0.05, 0) is 43.5 Å². The minimum atomic E-state index is -4.30. The lowest BCUT2D eigenvalue weighted by Gasteiger charge is -2.41. The Morgan fingerprint density at radius 3 is 2.64 bits per heavy atom. The van der Waals surface area contributed by atoms with E-state index in [4.69, 9.17) is 0 Å². The number of ketones is 1.